The maximum absolute atomic E-state index is 12.0. The second-order valence-electron chi connectivity index (χ2n) is 5.65. The fourth-order valence-electron chi connectivity index (χ4n) is 3.00. The molecule has 1 N–H and O–H groups in total. The van der Waals surface area contributed by atoms with Crippen LogP contribution in [0.2, 0.25) is 0 Å². The van der Waals surface area contributed by atoms with Gasteiger partial charge in [0.25, 0.3) is 0 Å². The van der Waals surface area contributed by atoms with Crippen LogP contribution in [0.15, 0.2) is 54.6 Å². The summed E-state index contributed by atoms with van der Waals surface area (Å²) in [6, 6.07) is 15.0. The third-order valence-corrected chi connectivity index (χ3v) is 4.26. The number of aliphatic hydroxyl groups is 1. The van der Waals surface area contributed by atoms with Crippen LogP contribution in [0.5, 0.6) is 0 Å². The summed E-state index contributed by atoms with van der Waals surface area (Å²) in [7, 11) is 0. The number of likely N-dealkylation sites (N-methyl/N-ethyl adjacent to an activating group) is 1. The molecule has 0 saturated carbocycles. The molecule has 0 amide bonds. The Kier molecular flexibility index (Phi) is 6.87. The normalized spacial score (nSPS) is 12.7. The first kappa shape index (κ1) is 19.6. The number of fused-ring (bicyclic) bond motifs is 1. The standard InChI is InChI=1S/C20H19NO3.C2H6/c1-2-21(11-12-22)15-9-7-14(8-10-15)18-13-19(23)20(24)17-6-4-3-5-16(17)18;1-2/h3-10,13,22H,2,11-12H2,1H3;1-2H3. The first-order valence-electron chi connectivity index (χ1n) is 9.01. The number of aliphatic hydroxyl groups excluding tert-OH is 1. The number of carbonyl (C=O) groups is 2. The van der Waals surface area contributed by atoms with E-state index in [2.05, 4.69) is 4.90 Å². The molecular weight excluding hydrogens is 326 g/mol. The van der Waals surface area contributed by atoms with Gasteiger partial charge in [-0.15, -0.1) is 0 Å². The lowest BCUT2D eigenvalue weighted by molar-refractivity contribution is -0.111. The Morgan fingerprint density at radius 1 is 0.923 bits per heavy atom. The third-order valence-electron chi connectivity index (χ3n) is 4.26. The Bertz CT molecular complexity index is 806. The highest BCUT2D eigenvalue weighted by atomic mass is 16.3. The van der Waals surface area contributed by atoms with Crippen molar-refractivity contribution in [3.8, 4) is 0 Å². The first-order chi connectivity index (χ1) is 12.7. The number of benzene rings is 2. The van der Waals surface area contributed by atoms with Crippen LogP contribution in [-0.4, -0.2) is 36.4 Å². The van der Waals surface area contributed by atoms with Crippen LogP contribution in [0.1, 0.15) is 42.3 Å². The minimum absolute atomic E-state index is 0.102. The molecule has 3 rings (SSSR count). The van der Waals surface area contributed by atoms with Gasteiger partial charge in [0.2, 0.25) is 11.6 Å². The predicted molar refractivity (Wildman–Crippen MR) is 106 cm³/mol. The van der Waals surface area contributed by atoms with Crippen LogP contribution in [0.25, 0.3) is 5.57 Å². The monoisotopic (exact) mass is 351 g/mol. The number of carbonyl (C=O) groups excluding carboxylic acids is 2. The number of anilines is 1. The topological polar surface area (TPSA) is 57.6 Å². The highest BCUT2D eigenvalue weighted by molar-refractivity contribution is 6.51. The summed E-state index contributed by atoms with van der Waals surface area (Å²) >= 11 is 0. The van der Waals surface area contributed by atoms with Crippen molar-refractivity contribution in [2.24, 2.45) is 0 Å². The van der Waals surface area contributed by atoms with Gasteiger partial charge in [-0.1, -0.05) is 50.2 Å². The molecule has 26 heavy (non-hydrogen) atoms. The lowest BCUT2D eigenvalue weighted by atomic mass is 9.86. The number of ketones is 2. The summed E-state index contributed by atoms with van der Waals surface area (Å²) in [4.78, 5) is 26.1. The SMILES string of the molecule is CC.CCN(CCO)c1ccc(C2=CC(=O)C(=O)c3ccccc32)cc1. The maximum Gasteiger partial charge on any atom is 0.233 e. The second-order valence-corrected chi connectivity index (χ2v) is 5.65. The van der Waals surface area contributed by atoms with Crippen LogP contribution in [0.4, 0.5) is 5.69 Å². The molecule has 0 aromatic heterocycles. The van der Waals surface area contributed by atoms with Crippen LogP contribution in [0, 0.1) is 0 Å². The molecule has 1 aliphatic carbocycles. The van der Waals surface area contributed by atoms with E-state index < -0.39 is 11.6 Å². The molecule has 0 atom stereocenters. The fourth-order valence-corrected chi connectivity index (χ4v) is 3.00. The van der Waals surface area contributed by atoms with Gasteiger partial charge in [0.05, 0.1) is 6.61 Å². The van der Waals surface area contributed by atoms with E-state index in [4.69, 9.17) is 5.11 Å². The number of hydrogen-bond acceptors (Lipinski definition) is 4. The fraction of sp³-hybridized carbons (Fsp3) is 0.273. The Balaban J connectivity index is 0.00000117. The zero-order valence-electron chi connectivity index (χ0n) is 15.5. The van der Waals surface area contributed by atoms with Crippen LogP contribution >= 0.6 is 0 Å². The number of allylic oxidation sites excluding steroid dienone is 1. The molecule has 0 spiro atoms. The first-order valence-corrected chi connectivity index (χ1v) is 9.01. The Hall–Kier alpha value is -2.72. The van der Waals surface area contributed by atoms with Crippen LogP contribution in [-0.2, 0) is 4.79 Å². The van der Waals surface area contributed by atoms with Crippen molar-refractivity contribution < 1.29 is 14.7 Å². The zero-order chi connectivity index (χ0) is 19.1. The van der Waals surface area contributed by atoms with E-state index in [1.807, 2.05) is 57.2 Å². The summed E-state index contributed by atoms with van der Waals surface area (Å²) in [6.07, 6.45) is 1.42. The summed E-state index contributed by atoms with van der Waals surface area (Å²) in [6.45, 7) is 7.52. The van der Waals surface area contributed by atoms with Gasteiger partial charge >= 0.3 is 0 Å². The Morgan fingerprint density at radius 2 is 1.54 bits per heavy atom. The predicted octanol–water partition coefficient (Wildman–Crippen LogP) is 3.73. The van der Waals surface area contributed by atoms with Crippen molar-refractivity contribution in [1.29, 1.82) is 0 Å². The Labute approximate surface area is 154 Å². The molecule has 0 aliphatic heterocycles. The van der Waals surface area contributed by atoms with Crippen molar-refractivity contribution >= 4 is 22.8 Å². The molecular formula is C22H25NO3. The van der Waals surface area contributed by atoms with E-state index in [1.165, 1.54) is 6.08 Å². The van der Waals surface area contributed by atoms with Crippen molar-refractivity contribution in [1.82, 2.24) is 0 Å². The lowest BCUT2D eigenvalue weighted by Gasteiger charge is -2.23. The van der Waals surface area contributed by atoms with Gasteiger partial charge in [-0.25, -0.2) is 0 Å². The summed E-state index contributed by atoms with van der Waals surface area (Å²) in [5.41, 5.74) is 3.93. The van der Waals surface area contributed by atoms with Gasteiger partial charge in [-0.3, -0.25) is 9.59 Å². The van der Waals surface area contributed by atoms with Gasteiger partial charge in [-0.2, -0.15) is 0 Å². The minimum Gasteiger partial charge on any atom is -0.395 e. The molecule has 0 saturated heterocycles. The van der Waals surface area contributed by atoms with E-state index in [1.54, 1.807) is 12.1 Å². The molecule has 0 fully saturated rings. The molecule has 0 heterocycles. The lowest BCUT2D eigenvalue weighted by Crippen LogP contribution is -2.26. The van der Waals surface area contributed by atoms with Crippen molar-refractivity contribution in [2.45, 2.75) is 20.8 Å². The highest BCUT2D eigenvalue weighted by Crippen LogP contribution is 2.31. The minimum atomic E-state index is -0.483. The molecule has 1 aliphatic rings. The van der Waals surface area contributed by atoms with Gasteiger partial charge in [-0.05, 0) is 41.8 Å². The van der Waals surface area contributed by atoms with E-state index in [0.29, 0.717) is 12.1 Å². The van der Waals surface area contributed by atoms with E-state index in [9.17, 15) is 9.59 Å². The highest BCUT2D eigenvalue weighted by Gasteiger charge is 2.25. The van der Waals surface area contributed by atoms with Crippen molar-refractivity contribution in [3.05, 3.63) is 71.3 Å². The Morgan fingerprint density at radius 3 is 2.12 bits per heavy atom. The summed E-state index contributed by atoms with van der Waals surface area (Å²) in [5.74, 6) is -0.936. The molecule has 4 nitrogen and oxygen atoms in total. The van der Waals surface area contributed by atoms with Crippen molar-refractivity contribution in [3.63, 3.8) is 0 Å². The number of hydrogen-bond donors (Lipinski definition) is 1. The van der Waals surface area contributed by atoms with E-state index in [0.717, 1.165) is 28.9 Å². The average molecular weight is 351 g/mol. The molecule has 0 radical (unpaired) electrons. The number of nitrogens with zero attached hydrogens (tertiary/aromatic N) is 1. The zero-order valence-corrected chi connectivity index (χ0v) is 15.5. The molecule has 2 aromatic carbocycles. The number of rotatable bonds is 5. The van der Waals surface area contributed by atoms with E-state index in [-0.39, 0.29) is 6.61 Å². The maximum atomic E-state index is 12.0. The molecule has 0 bridgehead atoms. The van der Waals surface area contributed by atoms with E-state index >= 15 is 0 Å². The number of Topliss-reactive ketones (excluding diaryl/α,β-unsaturated/α-hetero) is 1. The second kappa shape index (κ2) is 9.11. The van der Waals surface area contributed by atoms with Gasteiger partial charge in [0.1, 0.15) is 0 Å². The molecule has 136 valence electrons. The molecule has 4 heteroatoms. The van der Waals surface area contributed by atoms with Gasteiger partial charge in [0, 0.05) is 24.3 Å². The van der Waals surface area contributed by atoms with Crippen LogP contribution in [0.3, 0.4) is 0 Å². The third kappa shape index (κ3) is 3.92. The largest absolute Gasteiger partial charge is 0.395 e. The summed E-state index contributed by atoms with van der Waals surface area (Å²) < 4.78 is 0. The smallest absolute Gasteiger partial charge is 0.233 e. The summed E-state index contributed by atoms with van der Waals surface area (Å²) in [5, 5.41) is 9.13. The van der Waals surface area contributed by atoms with Gasteiger partial charge in [0.15, 0.2) is 0 Å². The molecule has 0 unspecified atom stereocenters. The molecule has 2 aromatic rings. The van der Waals surface area contributed by atoms with Crippen molar-refractivity contribution in [2.75, 3.05) is 24.6 Å². The van der Waals surface area contributed by atoms with Crippen LogP contribution < -0.4 is 4.90 Å². The van der Waals surface area contributed by atoms with Gasteiger partial charge < -0.3 is 10.0 Å². The average Bonchev–Trinajstić information content (AvgIpc) is 2.70. The quantitative estimate of drug-likeness (QED) is 0.834.